The third-order valence-corrected chi connectivity index (χ3v) is 3.91. The van der Waals surface area contributed by atoms with Crippen LogP contribution in [-0.4, -0.2) is 47.7 Å². The van der Waals surface area contributed by atoms with Gasteiger partial charge in [0.15, 0.2) is 0 Å². The lowest BCUT2D eigenvalue weighted by Gasteiger charge is -2.26. The molecule has 0 aromatic carbocycles. The number of nitrogens with zero attached hydrogens (tertiary/aromatic N) is 3. The molecule has 0 saturated carbocycles. The van der Waals surface area contributed by atoms with Gasteiger partial charge in [0.05, 0.1) is 0 Å². The van der Waals surface area contributed by atoms with Crippen molar-refractivity contribution in [2.45, 2.75) is 26.2 Å². The number of piperidine rings is 1. The summed E-state index contributed by atoms with van der Waals surface area (Å²) in [4.78, 5) is 10.8. The quantitative estimate of drug-likeness (QED) is 0.869. The smallest absolute Gasteiger partial charge is 0.233 e. The molecule has 1 aliphatic rings. The van der Waals surface area contributed by atoms with Crippen molar-refractivity contribution in [1.82, 2.24) is 14.9 Å². The summed E-state index contributed by atoms with van der Waals surface area (Å²) in [7, 11) is 0. The van der Waals surface area contributed by atoms with Crippen molar-refractivity contribution < 1.29 is 4.74 Å². The van der Waals surface area contributed by atoms with Crippen LogP contribution >= 0.6 is 15.9 Å². The van der Waals surface area contributed by atoms with Crippen molar-refractivity contribution in [2.24, 2.45) is 0 Å². The average Bonchev–Trinajstić information content (AvgIpc) is 2.44. The average molecular weight is 329 g/mol. The Morgan fingerprint density at radius 2 is 2.11 bits per heavy atom. The Balaban J connectivity index is 1.83. The largest absolute Gasteiger partial charge is 0.475 e. The van der Waals surface area contributed by atoms with E-state index in [9.17, 15) is 0 Å². The van der Waals surface area contributed by atoms with E-state index in [0.29, 0.717) is 12.5 Å². The van der Waals surface area contributed by atoms with Gasteiger partial charge in [-0.3, -0.25) is 4.90 Å². The van der Waals surface area contributed by atoms with Gasteiger partial charge >= 0.3 is 0 Å². The molecular weight excluding hydrogens is 308 g/mol. The van der Waals surface area contributed by atoms with Gasteiger partial charge in [0, 0.05) is 13.1 Å². The molecule has 1 fully saturated rings. The fourth-order valence-corrected chi connectivity index (χ4v) is 2.66. The van der Waals surface area contributed by atoms with Gasteiger partial charge in [-0.2, -0.15) is 0 Å². The van der Waals surface area contributed by atoms with E-state index in [4.69, 9.17) is 4.74 Å². The summed E-state index contributed by atoms with van der Waals surface area (Å²) in [5.74, 6) is 1.40. The van der Waals surface area contributed by atoms with E-state index in [0.717, 1.165) is 23.4 Å². The minimum absolute atomic E-state index is 0.614. The predicted octanol–water partition coefficient (Wildman–Crippen LogP) is 2.54. The van der Waals surface area contributed by atoms with Gasteiger partial charge in [0.2, 0.25) is 5.88 Å². The van der Waals surface area contributed by atoms with Crippen LogP contribution in [0.25, 0.3) is 0 Å². The summed E-state index contributed by atoms with van der Waals surface area (Å²) in [6, 6.07) is 0. The first kappa shape index (κ1) is 14.5. The van der Waals surface area contributed by atoms with Gasteiger partial charge in [0.25, 0.3) is 0 Å². The minimum Gasteiger partial charge on any atom is -0.475 e. The van der Waals surface area contributed by atoms with Gasteiger partial charge in [-0.05, 0) is 48.8 Å². The molecule has 1 N–H and O–H groups in total. The maximum Gasteiger partial charge on any atom is 0.233 e. The van der Waals surface area contributed by atoms with Gasteiger partial charge in [-0.25, -0.2) is 9.97 Å². The van der Waals surface area contributed by atoms with Crippen LogP contribution in [0.15, 0.2) is 10.8 Å². The van der Waals surface area contributed by atoms with Gasteiger partial charge in [0.1, 0.15) is 23.2 Å². The second-order valence-corrected chi connectivity index (χ2v) is 5.42. The molecule has 0 unspecified atom stereocenters. The Kier molecular flexibility index (Phi) is 5.85. The zero-order valence-electron chi connectivity index (χ0n) is 11.4. The number of likely N-dealkylation sites (tertiary alicyclic amines) is 1. The first-order chi connectivity index (χ1) is 9.31. The molecule has 106 valence electrons. The summed E-state index contributed by atoms with van der Waals surface area (Å²) >= 11 is 3.48. The van der Waals surface area contributed by atoms with Crippen LogP contribution < -0.4 is 10.1 Å². The fraction of sp³-hybridized carbons (Fsp3) is 0.692. The van der Waals surface area contributed by atoms with E-state index >= 15 is 0 Å². The van der Waals surface area contributed by atoms with Crippen molar-refractivity contribution in [1.29, 1.82) is 0 Å². The Labute approximate surface area is 122 Å². The highest BCUT2D eigenvalue weighted by molar-refractivity contribution is 9.10. The zero-order chi connectivity index (χ0) is 13.5. The monoisotopic (exact) mass is 328 g/mol. The number of hydrogen-bond donors (Lipinski definition) is 1. The van der Waals surface area contributed by atoms with Crippen LogP contribution in [0, 0.1) is 0 Å². The first-order valence-electron chi connectivity index (χ1n) is 6.90. The number of nitrogens with one attached hydrogen (secondary N) is 1. The maximum absolute atomic E-state index is 5.75. The van der Waals surface area contributed by atoms with Crippen LogP contribution in [0.5, 0.6) is 5.88 Å². The van der Waals surface area contributed by atoms with Crippen LogP contribution in [0.4, 0.5) is 5.82 Å². The minimum atomic E-state index is 0.614. The highest BCUT2D eigenvalue weighted by atomic mass is 79.9. The van der Waals surface area contributed by atoms with Crippen LogP contribution in [-0.2, 0) is 0 Å². The second-order valence-electron chi connectivity index (χ2n) is 4.62. The Morgan fingerprint density at radius 3 is 2.84 bits per heavy atom. The molecule has 0 bridgehead atoms. The third-order valence-electron chi connectivity index (χ3n) is 3.20. The van der Waals surface area contributed by atoms with Crippen LogP contribution in [0.3, 0.4) is 0 Å². The molecule has 2 heterocycles. The van der Waals surface area contributed by atoms with E-state index in [1.165, 1.54) is 38.7 Å². The number of anilines is 1. The van der Waals surface area contributed by atoms with Gasteiger partial charge < -0.3 is 10.1 Å². The molecule has 0 spiro atoms. The first-order valence-corrected chi connectivity index (χ1v) is 7.70. The Morgan fingerprint density at radius 1 is 1.32 bits per heavy atom. The summed E-state index contributed by atoms with van der Waals surface area (Å²) in [6.45, 7) is 6.87. The molecule has 19 heavy (non-hydrogen) atoms. The molecule has 0 amide bonds. The summed E-state index contributed by atoms with van der Waals surface area (Å²) in [5.41, 5.74) is 0. The number of hydrogen-bond acceptors (Lipinski definition) is 5. The molecular formula is C13H21BrN4O. The SMILES string of the molecule is CCNc1ncnc(OCCN2CCCCC2)c1Br. The maximum atomic E-state index is 5.75. The van der Waals surface area contributed by atoms with Gasteiger partial charge in [-0.1, -0.05) is 6.42 Å². The molecule has 1 saturated heterocycles. The molecule has 1 aromatic heterocycles. The van der Waals surface area contributed by atoms with Crippen molar-refractivity contribution in [3.05, 3.63) is 10.8 Å². The lowest BCUT2D eigenvalue weighted by molar-refractivity contribution is 0.180. The molecule has 0 aliphatic carbocycles. The van der Waals surface area contributed by atoms with E-state index in [1.807, 2.05) is 6.92 Å². The second kappa shape index (κ2) is 7.65. The lowest BCUT2D eigenvalue weighted by Crippen LogP contribution is -2.33. The third kappa shape index (κ3) is 4.31. The Hall–Kier alpha value is -0.880. The highest BCUT2D eigenvalue weighted by Gasteiger charge is 2.12. The normalized spacial score (nSPS) is 16.3. The molecule has 1 aromatic rings. The topological polar surface area (TPSA) is 50.3 Å². The van der Waals surface area contributed by atoms with Crippen LogP contribution in [0.1, 0.15) is 26.2 Å². The van der Waals surface area contributed by atoms with E-state index in [1.54, 1.807) is 0 Å². The van der Waals surface area contributed by atoms with Gasteiger partial charge in [-0.15, -0.1) is 0 Å². The summed E-state index contributed by atoms with van der Waals surface area (Å²) in [5, 5.41) is 3.17. The summed E-state index contributed by atoms with van der Waals surface area (Å²) in [6.07, 6.45) is 5.50. The summed E-state index contributed by atoms with van der Waals surface area (Å²) < 4.78 is 6.55. The number of rotatable bonds is 6. The molecule has 2 rings (SSSR count). The van der Waals surface area contributed by atoms with Crippen LogP contribution in [0.2, 0.25) is 0 Å². The van der Waals surface area contributed by atoms with Crippen molar-refractivity contribution in [3.8, 4) is 5.88 Å². The van der Waals surface area contributed by atoms with E-state index < -0.39 is 0 Å². The number of ether oxygens (including phenoxy) is 1. The molecule has 1 aliphatic heterocycles. The predicted molar refractivity (Wildman–Crippen MR) is 79.7 cm³/mol. The molecule has 5 nitrogen and oxygen atoms in total. The molecule has 0 radical (unpaired) electrons. The highest BCUT2D eigenvalue weighted by Crippen LogP contribution is 2.28. The zero-order valence-corrected chi connectivity index (χ0v) is 12.9. The lowest BCUT2D eigenvalue weighted by atomic mass is 10.1. The number of aromatic nitrogens is 2. The van der Waals surface area contributed by atoms with Crippen molar-refractivity contribution in [2.75, 3.05) is 38.1 Å². The molecule has 6 heteroatoms. The molecule has 0 atom stereocenters. The van der Waals surface area contributed by atoms with Crippen molar-refractivity contribution >= 4 is 21.7 Å². The van der Waals surface area contributed by atoms with Crippen molar-refractivity contribution in [3.63, 3.8) is 0 Å². The fourth-order valence-electron chi connectivity index (χ4n) is 2.20. The van der Waals surface area contributed by atoms with E-state index in [2.05, 4.69) is 36.1 Å². The number of halogens is 1. The Bertz CT molecular complexity index is 396. The van der Waals surface area contributed by atoms with E-state index in [-0.39, 0.29) is 0 Å². The standard InChI is InChI=1S/C13H21BrN4O/c1-2-15-12-11(14)13(17-10-16-12)19-9-8-18-6-4-3-5-7-18/h10H,2-9H2,1H3,(H,15,16,17).